The number of pyridine rings is 2. The van der Waals surface area contributed by atoms with Crippen molar-refractivity contribution in [2.75, 3.05) is 13.2 Å². The van der Waals surface area contributed by atoms with Crippen LogP contribution in [0, 0.1) is 11.8 Å². The van der Waals surface area contributed by atoms with Gasteiger partial charge in [0.05, 0.1) is 29.0 Å². The van der Waals surface area contributed by atoms with Gasteiger partial charge in [-0.2, -0.15) is 0 Å². The molecule has 0 spiro atoms. The van der Waals surface area contributed by atoms with E-state index >= 15 is 0 Å². The van der Waals surface area contributed by atoms with Crippen LogP contribution in [0.15, 0.2) is 67.1 Å². The Morgan fingerprint density at radius 3 is 2.91 bits per heavy atom. The van der Waals surface area contributed by atoms with Crippen LogP contribution in [-0.2, 0) is 4.79 Å². The van der Waals surface area contributed by atoms with E-state index in [-0.39, 0.29) is 11.9 Å². The van der Waals surface area contributed by atoms with Crippen LogP contribution in [0.4, 0.5) is 0 Å². The summed E-state index contributed by atoms with van der Waals surface area (Å²) < 4.78 is 6.28. The molecule has 1 atom stereocenters. The van der Waals surface area contributed by atoms with E-state index in [1.165, 1.54) is 0 Å². The van der Waals surface area contributed by atoms with Gasteiger partial charge < -0.3 is 14.6 Å². The van der Waals surface area contributed by atoms with Crippen LogP contribution < -0.4 is 4.74 Å². The average Bonchev–Trinajstić information content (AvgIpc) is 3.48. The fourth-order valence-electron chi connectivity index (χ4n) is 4.45. The number of aromatic nitrogens is 3. The molecule has 3 aromatic heterocycles. The summed E-state index contributed by atoms with van der Waals surface area (Å²) in [5.41, 5.74) is 5.81. The van der Waals surface area contributed by atoms with Gasteiger partial charge in [-0.1, -0.05) is 36.3 Å². The van der Waals surface area contributed by atoms with E-state index < -0.39 is 0 Å². The number of likely N-dealkylation sites (tertiary alicyclic amines) is 1. The van der Waals surface area contributed by atoms with E-state index in [1.807, 2.05) is 41.3 Å². The molecule has 1 aliphatic heterocycles. The first-order valence-electron chi connectivity index (χ1n) is 11.1. The van der Waals surface area contributed by atoms with E-state index in [2.05, 4.69) is 38.9 Å². The monoisotopic (exact) mass is 436 g/mol. The molecule has 1 fully saturated rings. The maximum atomic E-state index is 12.3. The topological polar surface area (TPSA) is 71.1 Å². The fourth-order valence-corrected chi connectivity index (χ4v) is 4.45. The van der Waals surface area contributed by atoms with Crippen molar-refractivity contribution in [2.45, 2.75) is 25.8 Å². The van der Waals surface area contributed by atoms with Crippen molar-refractivity contribution in [1.82, 2.24) is 19.9 Å². The molecular formula is C27H24N4O2. The molecule has 0 radical (unpaired) electrons. The van der Waals surface area contributed by atoms with E-state index in [0.29, 0.717) is 18.9 Å². The zero-order chi connectivity index (χ0) is 22.6. The molecule has 1 N–H and O–H groups in total. The third-order valence-electron chi connectivity index (χ3n) is 5.97. The normalized spacial score (nSPS) is 15.3. The maximum Gasteiger partial charge on any atom is 0.298 e. The van der Waals surface area contributed by atoms with Gasteiger partial charge in [-0.25, -0.2) is 0 Å². The molecule has 6 heteroatoms. The lowest BCUT2D eigenvalue weighted by atomic mass is 10.0. The third-order valence-corrected chi connectivity index (χ3v) is 5.97. The minimum atomic E-state index is -0.136. The summed E-state index contributed by atoms with van der Waals surface area (Å²) in [5.74, 6) is 5.88. The number of H-pyrrole nitrogens is 1. The molecule has 1 amide bonds. The highest BCUT2D eigenvalue weighted by atomic mass is 16.5. The Morgan fingerprint density at radius 1 is 1.18 bits per heavy atom. The first-order chi connectivity index (χ1) is 16.3. The molecule has 4 aromatic rings. The number of carbonyl (C=O) groups excluding carboxylic acids is 1. The van der Waals surface area contributed by atoms with Gasteiger partial charge in [-0.15, -0.1) is 0 Å². The van der Waals surface area contributed by atoms with Crippen LogP contribution in [-0.4, -0.2) is 45.0 Å². The highest BCUT2D eigenvalue weighted by molar-refractivity contribution is 6.02. The first-order valence-corrected chi connectivity index (χ1v) is 11.1. The Morgan fingerprint density at radius 2 is 2.06 bits per heavy atom. The SMILES string of the molecule is CC#CC(=O)N1CCC[C@H]1COc1cnccc1-c1[nH]c2cccnc2c1-c1ccccc1. The quantitative estimate of drug-likeness (QED) is 0.461. The number of hydrogen-bond acceptors (Lipinski definition) is 4. The minimum Gasteiger partial charge on any atom is -0.489 e. The number of nitrogens with zero attached hydrogens (tertiary/aromatic N) is 3. The van der Waals surface area contributed by atoms with E-state index in [4.69, 9.17) is 4.74 Å². The van der Waals surface area contributed by atoms with Crippen molar-refractivity contribution >= 4 is 16.9 Å². The molecule has 1 aromatic carbocycles. The molecule has 6 nitrogen and oxygen atoms in total. The molecule has 33 heavy (non-hydrogen) atoms. The number of aromatic amines is 1. The van der Waals surface area contributed by atoms with E-state index in [9.17, 15) is 4.79 Å². The van der Waals surface area contributed by atoms with Gasteiger partial charge in [0.15, 0.2) is 0 Å². The molecule has 1 aliphatic rings. The van der Waals surface area contributed by atoms with Crippen molar-refractivity contribution in [2.24, 2.45) is 0 Å². The molecule has 0 unspecified atom stereocenters. The van der Waals surface area contributed by atoms with Crippen molar-refractivity contribution in [3.05, 3.63) is 67.1 Å². The van der Waals surface area contributed by atoms with Crippen LogP contribution in [0.1, 0.15) is 19.8 Å². The molecule has 0 saturated carbocycles. The number of carbonyl (C=O) groups is 1. The van der Waals surface area contributed by atoms with Gasteiger partial charge in [0.2, 0.25) is 0 Å². The second kappa shape index (κ2) is 9.17. The van der Waals surface area contributed by atoms with Crippen LogP contribution in [0.25, 0.3) is 33.4 Å². The van der Waals surface area contributed by atoms with E-state index in [1.54, 1.807) is 25.5 Å². The summed E-state index contributed by atoms with van der Waals surface area (Å²) in [6, 6.07) is 16.1. The Labute approximate surface area is 192 Å². The predicted molar refractivity (Wildman–Crippen MR) is 128 cm³/mol. The fraction of sp³-hybridized carbons (Fsp3) is 0.222. The summed E-state index contributed by atoms with van der Waals surface area (Å²) in [4.78, 5) is 26.6. The van der Waals surface area contributed by atoms with Crippen LogP contribution >= 0.6 is 0 Å². The Kier molecular flexibility index (Phi) is 5.77. The number of ether oxygens (including phenoxy) is 1. The molecule has 5 rings (SSSR count). The molecule has 4 heterocycles. The van der Waals surface area contributed by atoms with Crippen molar-refractivity contribution in [3.63, 3.8) is 0 Å². The highest BCUT2D eigenvalue weighted by Gasteiger charge is 2.29. The Hall–Kier alpha value is -4.11. The second-order valence-electron chi connectivity index (χ2n) is 7.99. The van der Waals surface area contributed by atoms with E-state index in [0.717, 1.165) is 46.3 Å². The molecule has 0 aliphatic carbocycles. The van der Waals surface area contributed by atoms with Crippen molar-refractivity contribution in [1.29, 1.82) is 0 Å². The molecular weight excluding hydrogens is 412 g/mol. The summed E-state index contributed by atoms with van der Waals surface area (Å²) >= 11 is 0. The second-order valence-corrected chi connectivity index (χ2v) is 7.99. The Balaban J connectivity index is 1.51. The van der Waals surface area contributed by atoms with Crippen molar-refractivity contribution in [3.8, 4) is 40.0 Å². The highest BCUT2D eigenvalue weighted by Crippen LogP contribution is 2.40. The first kappa shape index (κ1) is 20.8. The zero-order valence-electron chi connectivity index (χ0n) is 18.4. The molecule has 164 valence electrons. The summed E-state index contributed by atoms with van der Waals surface area (Å²) in [5, 5.41) is 0. The lowest BCUT2D eigenvalue weighted by molar-refractivity contribution is -0.126. The average molecular weight is 437 g/mol. The lowest BCUT2D eigenvalue weighted by Gasteiger charge is -2.23. The largest absolute Gasteiger partial charge is 0.489 e. The Bertz CT molecular complexity index is 1350. The smallest absolute Gasteiger partial charge is 0.298 e. The molecule has 1 saturated heterocycles. The predicted octanol–water partition coefficient (Wildman–Crippen LogP) is 4.69. The van der Waals surface area contributed by atoms with Crippen molar-refractivity contribution < 1.29 is 9.53 Å². The standard InChI is InChI=1S/C27H24N4O2/c1-2-8-24(32)31-16-7-11-20(31)18-33-23-17-28-15-13-21(23)26-25(19-9-4-3-5-10-19)27-22(30-26)12-6-14-29-27/h3-6,9-10,12-15,17,20,30H,7,11,16,18H2,1H3/t20-/m0/s1. The third kappa shape index (κ3) is 4.06. The summed E-state index contributed by atoms with van der Waals surface area (Å²) in [7, 11) is 0. The minimum absolute atomic E-state index is 0.00406. The number of amides is 1. The van der Waals surface area contributed by atoms with Gasteiger partial charge in [0.1, 0.15) is 12.4 Å². The lowest BCUT2D eigenvalue weighted by Crippen LogP contribution is -2.38. The van der Waals surface area contributed by atoms with Gasteiger partial charge in [-0.3, -0.25) is 14.8 Å². The summed E-state index contributed by atoms with van der Waals surface area (Å²) in [6.07, 6.45) is 7.16. The van der Waals surface area contributed by atoms with Crippen LogP contribution in [0.5, 0.6) is 5.75 Å². The number of hydrogen-bond donors (Lipinski definition) is 1. The zero-order valence-corrected chi connectivity index (χ0v) is 18.4. The van der Waals surface area contributed by atoms with Gasteiger partial charge in [-0.05, 0) is 49.4 Å². The number of rotatable bonds is 5. The van der Waals surface area contributed by atoms with Gasteiger partial charge in [0, 0.05) is 30.1 Å². The van der Waals surface area contributed by atoms with Crippen LogP contribution in [0.2, 0.25) is 0 Å². The maximum absolute atomic E-state index is 12.3. The number of benzene rings is 1. The van der Waals surface area contributed by atoms with Crippen LogP contribution in [0.3, 0.4) is 0 Å². The number of nitrogens with one attached hydrogen (secondary N) is 1. The summed E-state index contributed by atoms with van der Waals surface area (Å²) in [6.45, 7) is 2.79. The van der Waals surface area contributed by atoms with Gasteiger partial charge >= 0.3 is 0 Å². The van der Waals surface area contributed by atoms with Gasteiger partial charge in [0.25, 0.3) is 5.91 Å². The number of fused-ring (bicyclic) bond motifs is 1. The molecule has 0 bridgehead atoms.